The molecular weight excluding hydrogens is 504 g/mol. The zero-order valence-electron chi connectivity index (χ0n) is 20.2. The molecule has 0 aliphatic carbocycles. The smallest absolute Gasteiger partial charge is 0.268 e. The highest BCUT2D eigenvalue weighted by Crippen LogP contribution is 2.36. The molecule has 2 aromatic rings. The van der Waals surface area contributed by atoms with E-state index >= 15 is 0 Å². The first kappa shape index (κ1) is 25.5. The second-order valence-electron chi connectivity index (χ2n) is 7.90. The summed E-state index contributed by atoms with van der Waals surface area (Å²) < 4.78 is 1.69. The lowest BCUT2D eigenvalue weighted by molar-refractivity contribution is -0.137. The van der Waals surface area contributed by atoms with Gasteiger partial charge in [0.05, 0.1) is 0 Å². The Morgan fingerprint density at radius 2 is 0.833 bits per heavy atom. The fourth-order valence-corrected chi connectivity index (χ4v) is 6.37. The van der Waals surface area contributed by atoms with Crippen molar-refractivity contribution in [3.63, 3.8) is 0 Å². The average molecular weight is 529 g/mol. The molecule has 2 aromatic heterocycles. The van der Waals surface area contributed by atoms with Gasteiger partial charge in [-0.1, -0.05) is 0 Å². The summed E-state index contributed by atoms with van der Waals surface area (Å²) >= 11 is 2.68. The molecule has 188 valence electrons. The second-order valence-corrected chi connectivity index (χ2v) is 10.1. The Morgan fingerprint density at radius 3 is 1.08 bits per heavy atom. The van der Waals surface area contributed by atoms with Crippen molar-refractivity contribution >= 4 is 79.9 Å². The van der Waals surface area contributed by atoms with E-state index in [4.69, 9.17) is 0 Å². The maximum atomic E-state index is 12.8. The summed E-state index contributed by atoms with van der Waals surface area (Å²) in [5.74, 6) is -2.48. The SMILES string of the molecule is CCN1C(=O)C(=Cc2cc3sc(C=C4C(=O)N(CC)C(=O)N(CC)C4=O)cc3s2)C(=O)N(CC)C1=O. The van der Waals surface area contributed by atoms with E-state index in [1.165, 1.54) is 34.8 Å². The van der Waals surface area contributed by atoms with Gasteiger partial charge in [-0.15, -0.1) is 22.7 Å². The highest BCUT2D eigenvalue weighted by molar-refractivity contribution is 7.28. The molecule has 36 heavy (non-hydrogen) atoms. The molecule has 0 aromatic carbocycles. The topological polar surface area (TPSA) is 115 Å². The van der Waals surface area contributed by atoms with Gasteiger partial charge in [0.1, 0.15) is 11.1 Å². The standard InChI is InChI=1S/C24H24N4O6S2/c1-5-25-19(29)15(20(30)26(6-2)23(25)33)9-13-11-17-18(35-13)12-14(36-17)10-16-21(31)27(7-3)24(34)28(8-4)22(16)32/h9-12H,5-8H2,1-4H3. The number of fused-ring (bicyclic) bond motifs is 1. The molecular formula is C24H24N4O6S2. The summed E-state index contributed by atoms with van der Waals surface area (Å²) in [5, 5.41) is 0. The van der Waals surface area contributed by atoms with Crippen LogP contribution in [0, 0.1) is 0 Å². The van der Waals surface area contributed by atoms with E-state index in [0.717, 1.165) is 29.0 Å². The van der Waals surface area contributed by atoms with Crippen LogP contribution in [0.3, 0.4) is 0 Å². The zero-order chi connectivity index (χ0) is 26.3. The Labute approximate surface area is 215 Å². The van der Waals surface area contributed by atoms with Crippen molar-refractivity contribution in [2.24, 2.45) is 0 Å². The fraction of sp³-hybridized carbons (Fsp3) is 0.333. The molecule has 10 nitrogen and oxygen atoms in total. The van der Waals surface area contributed by atoms with E-state index in [9.17, 15) is 28.8 Å². The molecule has 0 atom stereocenters. The van der Waals surface area contributed by atoms with Gasteiger partial charge in [-0.2, -0.15) is 0 Å². The molecule has 2 aliphatic rings. The van der Waals surface area contributed by atoms with Crippen molar-refractivity contribution in [1.82, 2.24) is 19.6 Å². The highest BCUT2D eigenvalue weighted by Gasteiger charge is 2.41. The van der Waals surface area contributed by atoms with Crippen LogP contribution in [0.5, 0.6) is 0 Å². The first-order valence-electron chi connectivity index (χ1n) is 11.5. The van der Waals surface area contributed by atoms with Crippen LogP contribution in [0.4, 0.5) is 9.59 Å². The number of barbiturate groups is 2. The third-order valence-corrected chi connectivity index (χ3v) is 8.10. The van der Waals surface area contributed by atoms with Gasteiger partial charge in [-0.05, 0) is 52.0 Å². The molecule has 2 aliphatic heterocycles. The molecule has 0 N–H and O–H groups in total. The number of hydrogen-bond acceptors (Lipinski definition) is 8. The molecule has 0 saturated carbocycles. The summed E-state index contributed by atoms with van der Waals surface area (Å²) in [6, 6.07) is 2.39. The molecule has 0 radical (unpaired) electrons. The number of likely N-dealkylation sites (N-methyl/N-ethyl adjacent to an activating group) is 4. The summed E-state index contributed by atoms with van der Waals surface area (Å²) in [5.41, 5.74) is -0.145. The van der Waals surface area contributed by atoms with E-state index in [1.807, 2.05) is 12.1 Å². The lowest BCUT2D eigenvalue weighted by Gasteiger charge is -2.32. The summed E-state index contributed by atoms with van der Waals surface area (Å²) in [7, 11) is 0. The molecule has 0 unspecified atom stereocenters. The van der Waals surface area contributed by atoms with E-state index < -0.39 is 35.7 Å². The molecule has 2 fully saturated rings. The Hall–Kier alpha value is -3.64. The van der Waals surface area contributed by atoms with Crippen molar-refractivity contribution < 1.29 is 28.8 Å². The summed E-state index contributed by atoms with van der Waals surface area (Å²) in [6.45, 7) is 7.32. The Morgan fingerprint density at radius 1 is 0.556 bits per heavy atom. The van der Waals surface area contributed by atoms with E-state index in [1.54, 1.807) is 27.7 Å². The maximum absolute atomic E-state index is 12.8. The number of carbonyl (C=O) groups is 6. The van der Waals surface area contributed by atoms with Crippen molar-refractivity contribution in [2.45, 2.75) is 27.7 Å². The minimum Gasteiger partial charge on any atom is -0.268 e. The number of amides is 8. The van der Waals surface area contributed by atoms with Crippen LogP contribution in [0.25, 0.3) is 21.6 Å². The van der Waals surface area contributed by atoms with Gasteiger partial charge in [0.15, 0.2) is 0 Å². The minimum atomic E-state index is -0.621. The van der Waals surface area contributed by atoms with E-state index in [-0.39, 0.29) is 37.3 Å². The van der Waals surface area contributed by atoms with E-state index in [2.05, 4.69) is 0 Å². The van der Waals surface area contributed by atoms with Crippen LogP contribution < -0.4 is 0 Å². The molecule has 8 amide bonds. The fourth-order valence-electron chi connectivity index (χ4n) is 4.07. The molecule has 4 heterocycles. The average Bonchev–Trinajstić information content (AvgIpc) is 3.39. The second kappa shape index (κ2) is 9.78. The molecule has 12 heteroatoms. The van der Waals surface area contributed by atoms with Crippen molar-refractivity contribution in [2.75, 3.05) is 26.2 Å². The lowest BCUT2D eigenvalue weighted by Crippen LogP contribution is -2.56. The number of hydrogen-bond donors (Lipinski definition) is 0. The van der Waals surface area contributed by atoms with Gasteiger partial charge in [-0.3, -0.25) is 38.8 Å². The zero-order valence-corrected chi connectivity index (χ0v) is 21.8. The number of carbonyl (C=O) groups excluding carboxylic acids is 6. The van der Waals surface area contributed by atoms with Crippen molar-refractivity contribution in [1.29, 1.82) is 0 Å². The highest BCUT2D eigenvalue weighted by atomic mass is 32.1. The summed E-state index contributed by atoms with van der Waals surface area (Å²) in [6.07, 6.45) is 2.99. The largest absolute Gasteiger partial charge is 0.333 e. The van der Waals surface area contributed by atoms with Crippen LogP contribution in [0.15, 0.2) is 23.3 Å². The Kier molecular flexibility index (Phi) is 6.92. The van der Waals surface area contributed by atoms with Crippen molar-refractivity contribution in [3.05, 3.63) is 33.0 Å². The Bertz CT molecular complexity index is 1200. The van der Waals surface area contributed by atoms with Gasteiger partial charge in [0, 0.05) is 45.3 Å². The van der Waals surface area contributed by atoms with Crippen molar-refractivity contribution in [3.8, 4) is 0 Å². The van der Waals surface area contributed by atoms with Gasteiger partial charge in [0.25, 0.3) is 23.6 Å². The van der Waals surface area contributed by atoms with Crippen LogP contribution in [-0.2, 0) is 19.2 Å². The number of imide groups is 4. The van der Waals surface area contributed by atoms with Gasteiger partial charge >= 0.3 is 12.1 Å². The minimum absolute atomic E-state index is 0.0723. The molecule has 0 bridgehead atoms. The predicted molar refractivity (Wildman–Crippen MR) is 136 cm³/mol. The third kappa shape index (κ3) is 4.05. The van der Waals surface area contributed by atoms with Gasteiger partial charge in [-0.25, -0.2) is 9.59 Å². The molecule has 0 spiro atoms. The normalized spacial score (nSPS) is 17.3. The first-order chi connectivity index (χ1) is 17.2. The third-order valence-electron chi connectivity index (χ3n) is 5.91. The monoisotopic (exact) mass is 528 g/mol. The first-order valence-corrected chi connectivity index (χ1v) is 13.1. The van der Waals surface area contributed by atoms with Gasteiger partial charge in [0.2, 0.25) is 0 Å². The predicted octanol–water partition coefficient (Wildman–Crippen LogP) is 3.39. The summed E-state index contributed by atoms with van der Waals surface area (Å²) in [4.78, 5) is 81.2. The van der Waals surface area contributed by atoms with Crippen LogP contribution in [0.1, 0.15) is 37.4 Å². The number of urea groups is 2. The van der Waals surface area contributed by atoms with Crippen LogP contribution in [-0.4, -0.2) is 81.5 Å². The van der Waals surface area contributed by atoms with Crippen LogP contribution >= 0.6 is 22.7 Å². The quantitative estimate of drug-likeness (QED) is 0.419. The number of thiophene rings is 2. The van der Waals surface area contributed by atoms with Crippen LogP contribution in [0.2, 0.25) is 0 Å². The number of nitrogens with zero attached hydrogens (tertiary/aromatic N) is 4. The molecule has 4 rings (SSSR count). The van der Waals surface area contributed by atoms with Gasteiger partial charge < -0.3 is 0 Å². The number of rotatable bonds is 6. The lowest BCUT2D eigenvalue weighted by atomic mass is 10.1. The van der Waals surface area contributed by atoms with E-state index in [0.29, 0.717) is 9.75 Å². The maximum Gasteiger partial charge on any atom is 0.333 e. The Balaban J connectivity index is 1.67. The molecule has 2 saturated heterocycles.